The normalized spacial score (nSPS) is 16.0. The van der Waals surface area contributed by atoms with Crippen molar-refractivity contribution in [3.63, 3.8) is 0 Å². The molecule has 122 valence electrons. The summed E-state index contributed by atoms with van der Waals surface area (Å²) in [5.74, 6) is 1.24. The Balaban J connectivity index is 2.20. The smallest absolute Gasteiger partial charge is 0.266 e. The zero-order valence-electron chi connectivity index (χ0n) is 14.4. The molecule has 1 N–H and O–H groups in total. The second kappa shape index (κ2) is 6.69. The molecule has 1 aromatic carbocycles. The minimum atomic E-state index is -0.852. The lowest BCUT2D eigenvalue weighted by atomic mass is 9.99. The Hall–Kier alpha value is -1.55. The van der Waals surface area contributed by atoms with Crippen molar-refractivity contribution >= 4 is 5.91 Å². The molecule has 0 aromatic heterocycles. The van der Waals surface area contributed by atoms with Gasteiger partial charge in [0.05, 0.1) is 0 Å². The zero-order chi connectivity index (χ0) is 16.3. The van der Waals surface area contributed by atoms with Crippen molar-refractivity contribution < 1.29 is 9.53 Å². The molecule has 0 aliphatic carbocycles. The van der Waals surface area contributed by atoms with Crippen molar-refractivity contribution in [3.8, 4) is 5.75 Å². The Morgan fingerprint density at radius 3 is 2.50 bits per heavy atom. The first-order valence-corrected chi connectivity index (χ1v) is 8.11. The maximum atomic E-state index is 12.8. The fourth-order valence-corrected chi connectivity index (χ4v) is 2.77. The first-order chi connectivity index (χ1) is 10.3. The van der Waals surface area contributed by atoms with Gasteiger partial charge in [-0.1, -0.05) is 26.0 Å². The number of carbonyl (C=O) groups excluding carboxylic acids is 1. The number of aryl methyl sites for hydroxylation is 1. The number of piperazine rings is 1. The molecule has 1 aromatic rings. The second-order valence-electron chi connectivity index (χ2n) is 6.85. The van der Waals surface area contributed by atoms with Gasteiger partial charge in [0.25, 0.3) is 5.91 Å². The van der Waals surface area contributed by atoms with Crippen molar-refractivity contribution in [1.29, 1.82) is 0 Å². The lowest BCUT2D eigenvalue weighted by molar-refractivity contribution is -0.146. The van der Waals surface area contributed by atoms with E-state index in [4.69, 9.17) is 4.74 Å². The van der Waals surface area contributed by atoms with Gasteiger partial charge >= 0.3 is 0 Å². The van der Waals surface area contributed by atoms with E-state index >= 15 is 0 Å². The fraction of sp³-hybridized carbons (Fsp3) is 0.611. The first kappa shape index (κ1) is 16.8. The van der Waals surface area contributed by atoms with Gasteiger partial charge in [-0.3, -0.25) is 4.79 Å². The molecule has 0 bridgehead atoms. The van der Waals surface area contributed by atoms with E-state index in [0.717, 1.165) is 43.1 Å². The van der Waals surface area contributed by atoms with Crippen LogP contribution < -0.4 is 10.1 Å². The van der Waals surface area contributed by atoms with E-state index in [2.05, 4.69) is 31.3 Å². The van der Waals surface area contributed by atoms with Crippen LogP contribution in [0.5, 0.6) is 5.75 Å². The molecule has 0 saturated carbocycles. The molecule has 1 heterocycles. The van der Waals surface area contributed by atoms with E-state index in [9.17, 15) is 4.79 Å². The highest BCUT2D eigenvalue weighted by atomic mass is 16.5. The van der Waals surface area contributed by atoms with E-state index in [1.54, 1.807) is 0 Å². The minimum absolute atomic E-state index is 0.0604. The average Bonchev–Trinajstić information content (AvgIpc) is 2.46. The molecule has 0 unspecified atom stereocenters. The van der Waals surface area contributed by atoms with E-state index in [1.807, 2.05) is 31.7 Å². The standard InChI is InChI=1S/C18H28N2O2/c1-13(2)15-7-6-14(3)12-16(15)22-18(4,5)17(21)20-10-8-19-9-11-20/h6-7,12-13,19H,8-11H2,1-5H3. The van der Waals surface area contributed by atoms with Gasteiger partial charge in [0.2, 0.25) is 0 Å². The summed E-state index contributed by atoms with van der Waals surface area (Å²) in [5, 5.41) is 3.27. The SMILES string of the molecule is Cc1ccc(C(C)C)c(OC(C)(C)C(=O)N2CCNCC2)c1. The summed E-state index contributed by atoms with van der Waals surface area (Å²) in [6.07, 6.45) is 0. The highest BCUT2D eigenvalue weighted by Crippen LogP contribution is 2.31. The topological polar surface area (TPSA) is 41.6 Å². The van der Waals surface area contributed by atoms with Gasteiger partial charge < -0.3 is 15.0 Å². The second-order valence-corrected chi connectivity index (χ2v) is 6.85. The van der Waals surface area contributed by atoms with Gasteiger partial charge in [0, 0.05) is 26.2 Å². The van der Waals surface area contributed by atoms with Crippen LogP contribution in [0.1, 0.15) is 44.7 Å². The molecule has 4 heteroatoms. The summed E-state index contributed by atoms with van der Waals surface area (Å²) in [4.78, 5) is 14.7. The molecule has 0 spiro atoms. The van der Waals surface area contributed by atoms with Gasteiger partial charge in [-0.2, -0.15) is 0 Å². The molecule has 1 fully saturated rings. The van der Waals surface area contributed by atoms with Crippen LogP contribution in [-0.4, -0.2) is 42.6 Å². The summed E-state index contributed by atoms with van der Waals surface area (Å²) >= 11 is 0. The van der Waals surface area contributed by atoms with Crippen molar-refractivity contribution in [2.24, 2.45) is 0 Å². The molecule has 0 atom stereocenters. The third-order valence-corrected chi connectivity index (χ3v) is 4.08. The summed E-state index contributed by atoms with van der Waals surface area (Å²) in [5.41, 5.74) is 1.44. The van der Waals surface area contributed by atoms with E-state index in [1.165, 1.54) is 0 Å². The Morgan fingerprint density at radius 1 is 1.27 bits per heavy atom. The van der Waals surface area contributed by atoms with Crippen molar-refractivity contribution in [2.45, 2.75) is 46.1 Å². The molecule has 2 rings (SSSR count). The van der Waals surface area contributed by atoms with Crippen LogP contribution in [0.4, 0.5) is 0 Å². The van der Waals surface area contributed by atoms with Crippen molar-refractivity contribution in [3.05, 3.63) is 29.3 Å². The molecule has 1 saturated heterocycles. The monoisotopic (exact) mass is 304 g/mol. The largest absolute Gasteiger partial charge is 0.478 e. The lowest BCUT2D eigenvalue weighted by Gasteiger charge is -2.35. The summed E-state index contributed by atoms with van der Waals surface area (Å²) in [6.45, 7) is 13.3. The van der Waals surface area contributed by atoms with Gasteiger partial charge in [-0.25, -0.2) is 0 Å². The quantitative estimate of drug-likeness (QED) is 0.930. The number of benzene rings is 1. The zero-order valence-corrected chi connectivity index (χ0v) is 14.4. The molecular formula is C18H28N2O2. The Labute approximate surface area is 133 Å². The number of hydrogen-bond acceptors (Lipinski definition) is 3. The molecule has 4 nitrogen and oxygen atoms in total. The highest BCUT2D eigenvalue weighted by molar-refractivity contribution is 5.85. The molecule has 1 aliphatic heterocycles. The predicted octanol–water partition coefficient (Wildman–Crippen LogP) is 2.71. The fourth-order valence-electron chi connectivity index (χ4n) is 2.77. The van der Waals surface area contributed by atoms with Gasteiger partial charge in [0.15, 0.2) is 5.60 Å². The molecule has 22 heavy (non-hydrogen) atoms. The number of carbonyl (C=O) groups is 1. The van der Waals surface area contributed by atoms with Gasteiger partial charge in [-0.05, 0) is 43.9 Å². The van der Waals surface area contributed by atoms with Crippen LogP contribution in [0.25, 0.3) is 0 Å². The third kappa shape index (κ3) is 3.80. The number of rotatable bonds is 4. The summed E-state index contributed by atoms with van der Waals surface area (Å²) in [7, 11) is 0. The van der Waals surface area contributed by atoms with Gasteiger partial charge in [0.1, 0.15) is 5.75 Å². The number of ether oxygens (including phenoxy) is 1. The van der Waals surface area contributed by atoms with E-state index in [0.29, 0.717) is 5.92 Å². The Kier molecular flexibility index (Phi) is 5.12. The van der Waals surface area contributed by atoms with Crippen LogP contribution in [-0.2, 0) is 4.79 Å². The van der Waals surface area contributed by atoms with Crippen LogP contribution in [0.15, 0.2) is 18.2 Å². The van der Waals surface area contributed by atoms with Gasteiger partial charge in [-0.15, -0.1) is 0 Å². The maximum absolute atomic E-state index is 12.8. The minimum Gasteiger partial charge on any atom is -0.478 e. The Bertz CT molecular complexity index is 532. The summed E-state index contributed by atoms with van der Waals surface area (Å²) < 4.78 is 6.18. The first-order valence-electron chi connectivity index (χ1n) is 8.11. The molecule has 0 radical (unpaired) electrons. The van der Waals surface area contributed by atoms with Crippen molar-refractivity contribution in [1.82, 2.24) is 10.2 Å². The van der Waals surface area contributed by atoms with Crippen molar-refractivity contribution in [2.75, 3.05) is 26.2 Å². The number of nitrogens with one attached hydrogen (secondary N) is 1. The number of hydrogen-bond donors (Lipinski definition) is 1. The van der Waals surface area contributed by atoms with E-state index < -0.39 is 5.60 Å². The Morgan fingerprint density at radius 2 is 1.91 bits per heavy atom. The van der Waals surface area contributed by atoms with Crippen LogP contribution in [0.2, 0.25) is 0 Å². The number of amides is 1. The van der Waals surface area contributed by atoms with Crippen LogP contribution >= 0.6 is 0 Å². The highest BCUT2D eigenvalue weighted by Gasteiger charge is 2.35. The molecular weight excluding hydrogens is 276 g/mol. The maximum Gasteiger partial charge on any atom is 0.266 e. The average molecular weight is 304 g/mol. The molecule has 1 aliphatic rings. The van der Waals surface area contributed by atoms with Crippen LogP contribution in [0.3, 0.4) is 0 Å². The third-order valence-electron chi connectivity index (χ3n) is 4.08. The lowest BCUT2D eigenvalue weighted by Crippen LogP contribution is -2.54. The van der Waals surface area contributed by atoms with E-state index in [-0.39, 0.29) is 5.91 Å². The predicted molar refractivity (Wildman–Crippen MR) is 89.4 cm³/mol. The number of nitrogens with zero attached hydrogens (tertiary/aromatic N) is 1. The summed E-state index contributed by atoms with van der Waals surface area (Å²) in [6, 6.07) is 6.22. The van der Waals surface area contributed by atoms with Crippen LogP contribution in [0, 0.1) is 6.92 Å². The molecule has 1 amide bonds.